The first-order valence-corrected chi connectivity index (χ1v) is 7.58. The first-order chi connectivity index (χ1) is 9.90. The average Bonchev–Trinajstić information content (AvgIpc) is 2.40. The van der Waals surface area contributed by atoms with Crippen molar-refractivity contribution < 1.29 is 9.59 Å². The van der Waals surface area contributed by atoms with E-state index >= 15 is 0 Å². The van der Waals surface area contributed by atoms with E-state index in [1.54, 1.807) is 29.2 Å². The summed E-state index contributed by atoms with van der Waals surface area (Å²) in [5.41, 5.74) is 0.752. The Kier molecular flexibility index (Phi) is 7.23. The normalized spacial score (nSPS) is 10.5. The van der Waals surface area contributed by atoms with Gasteiger partial charge in [0.1, 0.15) is 0 Å². The summed E-state index contributed by atoms with van der Waals surface area (Å²) >= 11 is 5.84. The van der Waals surface area contributed by atoms with Gasteiger partial charge < -0.3 is 10.2 Å². The smallest absolute Gasteiger partial charge is 0.223 e. The van der Waals surface area contributed by atoms with Crippen LogP contribution in [0.3, 0.4) is 0 Å². The Morgan fingerprint density at radius 3 is 2.38 bits per heavy atom. The summed E-state index contributed by atoms with van der Waals surface area (Å²) in [4.78, 5) is 25.1. The highest BCUT2D eigenvalue weighted by atomic mass is 35.5. The van der Waals surface area contributed by atoms with Gasteiger partial charge in [0, 0.05) is 37.1 Å². The van der Waals surface area contributed by atoms with Gasteiger partial charge in [0.2, 0.25) is 11.8 Å². The van der Waals surface area contributed by atoms with Gasteiger partial charge in [-0.15, -0.1) is 0 Å². The summed E-state index contributed by atoms with van der Waals surface area (Å²) in [5, 5.41) is 3.49. The van der Waals surface area contributed by atoms with Crippen LogP contribution < -0.4 is 10.2 Å². The monoisotopic (exact) mass is 310 g/mol. The highest BCUT2D eigenvalue weighted by Crippen LogP contribution is 2.18. The second-order valence-corrected chi connectivity index (χ2v) is 5.87. The Morgan fingerprint density at radius 1 is 1.24 bits per heavy atom. The zero-order chi connectivity index (χ0) is 15.8. The average molecular weight is 311 g/mol. The van der Waals surface area contributed by atoms with E-state index in [0.29, 0.717) is 30.5 Å². The van der Waals surface area contributed by atoms with Crippen molar-refractivity contribution in [3.05, 3.63) is 29.3 Å². The van der Waals surface area contributed by atoms with Gasteiger partial charge >= 0.3 is 0 Å². The summed E-state index contributed by atoms with van der Waals surface area (Å²) in [7, 11) is 0. The van der Waals surface area contributed by atoms with Crippen LogP contribution in [-0.4, -0.2) is 24.9 Å². The van der Waals surface area contributed by atoms with Gasteiger partial charge in [-0.3, -0.25) is 9.59 Å². The van der Waals surface area contributed by atoms with Crippen LogP contribution in [0.25, 0.3) is 0 Å². The lowest BCUT2D eigenvalue weighted by Gasteiger charge is -2.21. The molecule has 21 heavy (non-hydrogen) atoms. The van der Waals surface area contributed by atoms with Gasteiger partial charge in [0.25, 0.3) is 0 Å². The van der Waals surface area contributed by atoms with Gasteiger partial charge in [0.15, 0.2) is 0 Å². The van der Waals surface area contributed by atoms with E-state index in [1.807, 2.05) is 0 Å². The summed E-state index contributed by atoms with van der Waals surface area (Å²) in [5.74, 6) is 0.441. The molecule has 2 amide bonds. The number of halogens is 1. The molecule has 4 nitrogen and oxygen atoms in total. The Morgan fingerprint density at radius 2 is 1.86 bits per heavy atom. The minimum Gasteiger partial charge on any atom is -0.356 e. The molecule has 0 saturated heterocycles. The van der Waals surface area contributed by atoms with Gasteiger partial charge in [0.05, 0.1) is 0 Å². The molecule has 0 bridgehead atoms. The minimum atomic E-state index is -0.0905. The van der Waals surface area contributed by atoms with Crippen molar-refractivity contribution in [1.29, 1.82) is 0 Å². The Balaban J connectivity index is 2.50. The molecule has 5 heteroatoms. The molecule has 0 spiro atoms. The van der Waals surface area contributed by atoms with Gasteiger partial charge in [-0.05, 0) is 36.6 Å². The number of carbonyl (C=O) groups is 2. The van der Waals surface area contributed by atoms with E-state index in [9.17, 15) is 9.59 Å². The quantitative estimate of drug-likeness (QED) is 0.840. The van der Waals surface area contributed by atoms with Crippen molar-refractivity contribution in [3.63, 3.8) is 0 Å². The molecule has 0 aliphatic heterocycles. The third-order valence-electron chi connectivity index (χ3n) is 3.12. The minimum absolute atomic E-state index is 0.0316. The molecule has 1 rings (SSSR count). The van der Waals surface area contributed by atoms with E-state index in [4.69, 9.17) is 11.6 Å². The maximum absolute atomic E-state index is 11.8. The molecular formula is C16H23ClN2O2. The maximum Gasteiger partial charge on any atom is 0.223 e. The lowest BCUT2D eigenvalue weighted by molar-refractivity contribution is -0.121. The Hall–Kier alpha value is -1.55. The zero-order valence-corrected chi connectivity index (χ0v) is 13.6. The first-order valence-electron chi connectivity index (χ1n) is 7.20. The fourth-order valence-electron chi connectivity index (χ4n) is 1.89. The SMILES string of the molecule is CC(=O)N(CCC(=O)NCCC(C)C)c1ccc(Cl)cc1. The van der Waals surface area contributed by atoms with E-state index in [1.165, 1.54) is 6.92 Å². The number of rotatable bonds is 7. The lowest BCUT2D eigenvalue weighted by atomic mass is 10.1. The van der Waals surface area contributed by atoms with E-state index in [-0.39, 0.29) is 11.8 Å². The van der Waals surface area contributed by atoms with E-state index in [2.05, 4.69) is 19.2 Å². The van der Waals surface area contributed by atoms with Gasteiger partial charge in [-0.1, -0.05) is 25.4 Å². The van der Waals surface area contributed by atoms with Crippen LogP contribution in [-0.2, 0) is 9.59 Å². The fourth-order valence-corrected chi connectivity index (χ4v) is 2.02. The van der Waals surface area contributed by atoms with Crippen LogP contribution in [0.5, 0.6) is 0 Å². The fraction of sp³-hybridized carbons (Fsp3) is 0.500. The molecule has 0 saturated carbocycles. The number of hydrogen-bond acceptors (Lipinski definition) is 2. The highest BCUT2D eigenvalue weighted by Gasteiger charge is 2.13. The van der Waals surface area contributed by atoms with Crippen molar-refractivity contribution in [2.45, 2.75) is 33.6 Å². The van der Waals surface area contributed by atoms with Gasteiger partial charge in [-0.2, -0.15) is 0 Å². The van der Waals surface area contributed by atoms with Crippen molar-refractivity contribution in [2.75, 3.05) is 18.0 Å². The predicted molar refractivity (Wildman–Crippen MR) is 86.6 cm³/mol. The van der Waals surface area contributed by atoms with Crippen molar-refractivity contribution >= 4 is 29.1 Å². The van der Waals surface area contributed by atoms with Crippen molar-refractivity contribution in [3.8, 4) is 0 Å². The molecule has 0 aliphatic carbocycles. The number of anilines is 1. The van der Waals surface area contributed by atoms with E-state index in [0.717, 1.165) is 12.1 Å². The molecular weight excluding hydrogens is 288 g/mol. The maximum atomic E-state index is 11.8. The molecule has 0 fully saturated rings. The third-order valence-corrected chi connectivity index (χ3v) is 3.38. The van der Waals surface area contributed by atoms with Crippen LogP contribution in [0, 0.1) is 5.92 Å². The molecule has 0 heterocycles. The van der Waals surface area contributed by atoms with Crippen molar-refractivity contribution in [2.24, 2.45) is 5.92 Å². The molecule has 1 N–H and O–H groups in total. The third kappa shape index (κ3) is 6.63. The van der Waals surface area contributed by atoms with Crippen molar-refractivity contribution in [1.82, 2.24) is 5.32 Å². The Labute approximate surface area is 131 Å². The van der Waals surface area contributed by atoms with Crippen LogP contribution >= 0.6 is 11.6 Å². The highest BCUT2D eigenvalue weighted by molar-refractivity contribution is 6.30. The standard InChI is InChI=1S/C16H23ClN2O2/c1-12(2)8-10-18-16(21)9-11-19(13(3)20)15-6-4-14(17)5-7-15/h4-7,12H,8-11H2,1-3H3,(H,18,21). The summed E-state index contributed by atoms with van der Waals surface area (Å²) in [6, 6.07) is 7.02. The van der Waals surface area contributed by atoms with Crippen LogP contribution in [0.2, 0.25) is 5.02 Å². The Bertz CT molecular complexity index is 472. The summed E-state index contributed by atoms with van der Waals surface area (Å²) in [6.45, 7) is 6.77. The number of hydrogen-bond donors (Lipinski definition) is 1. The summed E-state index contributed by atoms with van der Waals surface area (Å²) < 4.78 is 0. The molecule has 0 radical (unpaired) electrons. The summed E-state index contributed by atoms with van der Waals surface area (Å²) in [6.07, 6.45) is 1.25. The molecule has 116 valence electrons. The molecule has 0 aliphatic rings. The number of benzene rings is 1. The molecule has 0 aromatic heterocycles. The van der Waals surface area contributed by atoms with Crippen LogP contribution in [0.15, 0.2) is 24.3 Å². The first kappa shape index (κ1) is 17.5. The number of carbonyl (C=O) groups excluding carboxylic acids is 2. The lowest BCUT2D eigenvalue weighted by Crippen LogP contribution is -2.34. The zero-order valence-electron chi connectivity index (χ0n) is 12.9. The van der Waals surface area contributed by atoms with Crippen LogP contribution in [0.1, 0.15) is 33.6 Å². The number of nitrogens with one attached hydrogen (secondary N) is 1. The molecule has 0 unspecified atom stereocenters. The topological polar surface area (TPSA) is 49.4 Å². The second kappa shape index (κ2) is 8.67. The second-order valence-electron chi connectivity index (χ2n) is 5.43. The number of nitrogens with zero attached hydrogens (tertiary/aromatic N) is 1. The number of amides is 2. The van der Waals surface area contributed by atoms with Gasteiger partial charge in [-0.25, -0.2) is 0 Å². The largest absolute Gasteiger partial charge is 0.356 e. The molecule has 1 aromatic carbocycles. The molecule has 0 atom stereocenters. The molecule has 1 aromatic rings. The predicted octanol–water partition coefficient (Wildman–Crippen LogP) is 3.25. The van der Waals surface area contributed by atoms with E-state index < -0.39 is 0 Å². The van der Waals surface area contributed by atoms with Crippen LogP contribution in [0.4, 0.5) is 5.69 Å².